The van der Waals surface area contributed by atoms with Crippen molar-refractivity contribution in [1.82, 2.24) is 5.32 Å². The summed E-state index contributed by atoms with van der Waals surface area (Å²) >= 11 is 0. The summed E-state index contributed by atoms with van der Waals surface area (Å²) in [7, 11) is 1.59. The van der Waals surface area contributed by atoms with Gasteiger partial charge >= 0.3 is 0 Å². The standard InChI is InChI=1S/C16H17F2NO2/c1-21-13-4-2-3-11(7-13)9-19-10-16(20)14-8-12(17)5-6-15(14)18/h2-8,16,19-20H,9-10H2,1H3. The molecule has 0 spiro atoms. The zero-order valence-electron chi connectivity index (χ0n) is 11.6. The van der Waals surface area contributed by atoms with Gasteiger partial charge in [-0.05, 0) is 35.9 Å². The molecule has 3 nitrogen and oxygen atoms in total. The van der Waals surface area contributed by atoms with Crippen molar-refractivity contribution in [3.63, 3.8) is 0 Å². The van der Waals surface area contributed by atoms with Gasteiger partial charge in [0, 0.05) is 18.7 Å². The molecule has 0 heterocycles. The maximum absolute atomic E-state index is 13.5. The summed E-state index contributed by atoms with van der Waals surface area (Å²) in [5.41, 5.74) is 0.925. The van der Waals surface area contributed by atoms with Crippen molar-refractivity contribution < 1.29 is 18.6 Å². The summed E-state index contributed by atoms with van der Waals surface area (Å²) in [5, 5.41) is 12.9. The molecule has 0 bridgehead atoms. The molecule has 0 aliphatic heterocycles. The van der Waals surface area contributed by atoms with E-state index in [1.54, 1.807) is 7.11 Å². The lowest BCUT2D eigenvalue weighted by molar-refractivity contribution is 0.169. The SMILES string of the molecule is COc1cccc(CNCC(O)c2cc(F)ccc2F)c1. The summed E-state index contributed by atoms with van der Waals surface area (Å²) in [6.07, 6.45) is -1.11. The Bertz CT molecular complexity index is 605. The van der Waals surface area contributed by atoms with E-state index in [1.807, 2.05) is 24.3 Å². The van der Waals surface area contributed by atoms with Crippen molar-refractivity contribution in [3.8, 4) is 5.75 Å². The smallest absolute Gasteiger partial charge is 0.129 e. The molecule has 0 radical (unpaired) electrons. The first-order valence-electron chi connectivity index (χ1n) is 6.57. The third-order valence-electron chi connectivity index (χ3n) is 3.12. The Morgan fingerprint density at radius 3 is 2.76 bits per heavy atom. The van der Waals surface area contributed by atoms with Crippen molar-refractivity contribution >= 4 is 0 Å². The number of halogens is 2. The van der Waals surface area contributed by atoms with Gasteiger partial charge in [-0.15, -0.1) is 0 Å². The van der Waals surface area contributed by atoms with Crippen molar-refractivity contribution in [1.29, 1.82) is 0 Å². The molecule has 0 saturated heterocycles. The molecule has 0 aliphatic carbocycles. The number of hydrogen-bond donors (Lipinski definition) is 2. The molecule has 1 atom stereocenters. The molecule has 2 aromatic carbocycles. The fourth-order valence-electron chi connectivity index (χ4n) is 2.02. The quantitative estimate of drug-likeness (QED) is 0.860. The molecule has 1 unspecified atom stereocenters. The highest BCUT2D eigenvalue weighted by atomic mass is 19.1. The van der Waals surface area contributed by atoms with Gasteiger partial charge in [0.25, 0.3) is 0 Å². The van der Waals surface area contributed by atoms with Gasteiger partial charge in [0.2, 0.25) is 0 Å². The zero-order chi connectivity index (χ0) is 15.2. The highest BCUT2D eigenvalue weighted by molar-refractivity contribution is 5.28. The van der Waals surface area contributed by atoms with E-state index in [0.29, 0.717) is 6.54 Å². The maximum atomic E-state index is 13.5. The zero-order valence-corrected chi connectivity index (χ0v) is 11.6. The minimum absolute atomic E-state index is 0.0480. The van der Waals surface area contributed by atoms with Crippen LogP contribution in [0, 0.1) is 11.6 Å². The van der Waals surface area contributed by atoms with Crippen molar-refractivity contribution in [3.05, 3.63) is 65.2 Å². The van der Waals surface area contributed by atoms with E-state index < -0.39 is 17.7 Å². The fourth-order valence-corrected chi connectivity index (χ4v) is 2.02. The molecule has 0 fully saturated rings. The van der Waals surface area contributed by atoms with Crippen LogP contribution in [0.3, 0.4) is 0 Å². The van der Waals surface area contributed by atoms with Crippen molar-refractivity contribution in [2.24, 2.45) is 0 Å². The maximum Gasteiger partial charge on any atom is 0.129 e. The first-order valence-corrected chi connectivity index (χ1v) is 6.57. The molecule has 0 aliphatic rings. The highest BCUT2D eigenvalue weighted by Gasteiger charge is 2.13. The van der Waals surface area contributed by atoms with Crippen LogP contribution in [-0.2, 0) is 6.54 Å². The molecule has 21 heavy (non-hydrogen) atoms. The Morgan fingerprint density at radius 2 is 2.00 bits per heavy atom. The lowest BCUT2D eigenvalue weighted by Crippen LogP contribution is -2.21. The number of benzene rings is 2. The van der Waals surface area contributed by atoms with Crippen molar-refractivity contribution in [2.45, 2.75) is 12.6 Å². The third kappa shape index (κ3) is 4.24. The van der Waals surface area contributed by atoms with E-state index in [9.17, 15) is 13.9 Å². The second-order valence-corrected chi connectivity index (χ2v) is 4.66. The summed E-state index contributed by atoms with van der Waals surface area (Å²) < 4.78 is 31.7. The highest BCUT2D eigenvalue weighted by Crippen LogP contribution is 2.18. The molecular formula is C16H17F2NO2. The van der Waals surface area contributed by atoms with Gasteiger partial charge in [-0.1, -0.05) is 12.1 Å². The average Bonchev–Trinajstić information content (AvgIpc) is 2.49. The minimum atomic E-state index is -1.11. The summed E-state index contributed by atoms with van der Waals surface area (Å²) in [4.78, 5) is 0. The van der Waals surface area contributed by atoms with Gasteiger partial charge in [0.05, 0.1) is 13.2 Å². The van der Waals surface area contributed by atoms with Crippen LogP contribution in [0.5, 0.6) is 5.75 Å². The Kier molecular flexibility index (Phi) is 5.25. The Hall–Kier alpha value is -1.98. The van der Waals surface area contributed by atoms with Crippen LogP contribution in [0.4, 0.5) is 8.78 Å². The van der Waals surface area contributed by atoms with Crippen LogP contribution >= 0.6 is 0 Å². The number of hydrogen-bond acceptors (Lipinski definition) is 3. The van der Waals surface area contributed by atoms with Gasteiger partial charge in [0.1, 0.15) is 17.4 Å². The Morgan fingerprint density at radius 1 is 1.19 bits per heavy atom. The second-order valence-electron chi connectivity index (χ2n) is 4.66. The molecule has 2 rings (SSSR count). The number of rotatable bonds is 6. The Labute approximate surface area is 122 Å². The first kappa shape index (κ1) is 15.4. The van der Waals surface area contributed by atoms with Gasteiger partial charge in [-0.3, -0.25) is 0 Å². The molecular weight excluding hydrogens is 276 g/mol. The number of nitrogens with one attached hydrogen (secondary N) is 1. The summed E-state index contributed by atoms with van der Waals surface area (Å²) in [6, 6.07) is 10.5. The van der Waals surface area contributed by atoms with E-state index in [4.69, 9.17) is 4.74 Å². The van der Waals surface area contributed by atoms with Crippen LogP contribution in [-0.4, -0.2) is 18.8 Å². The van der Waals surface area contributed by atoms with Crippen LogP contribution in [0.25, 0.3) is 0 Å². The number of ether oxygens (including phenoxy) is 1. The van der Waals surface area contributed by atoms with E-state index >= 15 is 0 Å². The third-order valence-corrected chi connectivity index (χ3v) is 3.12. The average molecular weight is 293 g/mol. The monoisotopic (exact) mass is 293 g/mol. The second kappa shape index (κ2) is 7.15. The lowest BCUT2D eigenvalue weighted by Gasteiger charge is -2.13. The number of aliphatic hydroxyl groups is 1. The Balaban J connectivity index is 1.92. The van der Waals surface area contributed by atoms with Crippen LogP contribution in [0.1, 0.15) is 17.2 Å². The molecule has 5 heteroatoms. The number of aliphatic hydroxyl groups excluding tert-OH is 1. The van der Waals surface area contributed by atoms with Crippen LogP contribution in [0.15, 0.2) is 42.5 Å². The molecule has 0 amide bonds. The predicted molar refractivity (Wildman–Crippen MR) is 76.0 cm³/mol. The predicted octanol–water partition coefficient (Wildman–Crippen LogP) is 2.80. The van der Waals surface area contributed by atoms with E-state index in [-0.39, 0.29) is 12.1 Å². The normalized spacial score (nSPS) is 12.2. The van der Waals surface area contributed by atoms with E-state index in [2.05, 4.69) is 5.32 Å². The van der Waals surface area contributed by atoms with Gasteiger partial charge in [-0.25, -0.2) is 8.78 Å². The van der Waals surface area contributed by atoms with E-state index in [1.165, 1.54) is 0 Å². The summed E-state index contributed by atoms with van der Waals surface area (Å²) in [6.45, 7) is 0.614. The fraction of sp³-hybridized carbons (Fsp3) is 0.250. The molecule has 0 saturated carbocycles. The van der Waals surface area contributed by atoms with Gasteiger partial charge in [0.15, 0.2) is 0 Å². The van der Waals surface area contributed by atoms with Gasteiger partial charge in [-0.2, -0.15) is 0 Å². The number of methoxy groups -OCH3 is 1. The van der Waals surface area contributed by atoms with Crippen LogP contribution in [0.2, 0.25) is 0 Å². The van der Waals surface area contributed by atoms with Gasteiger partial charge < -0.3 is 15.2 Å². The van der Waals surface area contributed by atoms with E-state index in [0.717, 1.165) is 29.5 Å². The van der Waals surface area contributed by atoms with Crippen LogP contribution < -0.4 is 10.1 Å². The molecule has 2 N–H and O–H groups in total. The summed E-state index contributed by atoms with van der Waals surface area (Å²) in [5.74, 6) is -0.448. The molecule has 0 aromatic heterocycles. The topological polar surface area (TPSA) is 41.5 Å². The minimum Gasteiger partial charge on any atom is -0.497 e. The van der Waals surface area contributed by atoms with Crippen molar-refractivity contribution in [2.75, 3.05) is 13.7 Å². The lowest BCUT2D eigenvalue weighted by atomic mass is 10.1. The first-order chi connectivity index (χ1) is 10.1. The molecule has 2 aromatic rings. The largest absolute Gasteiger partial charge is 0.497 e. The molecule has 112 valence electrons.